The number of ether oxygens (including phenoxy) is 1. The summed E-state index contributed by atoms with van der Waals surface area (Å²) in [6, 6.07) is 5.59. The van der Waals surface area contributed by atoms with E-state index >= 15 is 0 Å². The normalized spacial score (nSPS) is 14.3. The van der Waals surface area contributed by atoms with Crippen LogP contribution in [0.4, 0.5) is 4.79 Å². The van der Waals surface area contributed by atoms with Crippen LogP contribution in [0.15, 0.2) is 24.3 Å². The zero-order valence-electron chi connectivity index (χ0n) is 12.7. The van der Waals surface area contributed by atoms with E-state index in [1.165, 1.54) is 12.1 Å². The number of carbonyl (C=O) groups is 1. The molecular formula is C15H24N2O4. The fourth-order valence-corrected chi connectivity index (χ4v) is 1.85. The zero-order valence-corrected chi connectivity index (χ0v) is 12.7. The fraction of sp³-hybridized carbons (Fsp3) is 0.533. The maximum Gasteiger partial charge on any atom is 0.407 e. The van der Waals surface area contributed by atoms with Crippen LogP contribution in [0.5, 0.6) is 5.75 Å². The zero-order chi connectivity index (χ0) is 16.0. The standard InChI is InChI=1S/C15H24N2O4/c1-15(2,3)21-14(20)17-12(8-9-16)13(19)10-4-6-11(18)7-5-10/h4-7,12-13,18-19H,8-9,16H2,1-3H3,(H,17,20). The van der Waals surface area contributed by atoms with E-state index in [9.17, 15) is 15.0 Å². The molecule has 1 rings (SSSR count). The Morgan fingerprint density at radius 2 is 1.90 bits per heavy atom. The van der Waals surface area contributed by atoms with Crippen molar-refractivity contribution in [2.75, 3.05) is 6.54 Å². The molecule has 6 nitrogen and oxygen atoms in total. The number of amides is 1. The number of hydrogen-bond donors (Lipinski definition) is 4. The maximum atomic E-state index is 11.8. The average Bonchev–Trinajstić information content (AvgIpc) is 2.36. The van der Waals surface area contributed by atoms with Gasteiger partial charge < -0.3 is 26.0 Å². The SMILES string of the molecule is CC(C)(C)OC(=O)NC(CCN)C(O)c1ccc(O)cc1. The third-order valence-corrected chi connectivity index (χ3v) is 2.80. The molecule has 21 heavy (non-hydrogen) atoms. The van der Waals surface area contributed by atoms with E-state index in [1.54, 1.807) is 32.9 Å². The Morgan fingerprint density at radius 1 is 1.33 bits per heavy atom. The molecule has 1 amide bonds. The second kappa shape index (κ2) is 7.28. The lowest BCUT2D eigenvalue weighted by Crippen LogP contribution is -2.43. The van der Waals surface area contributed by atoms with Gasteiger partial charge in [0, 0.05) is 0 Å². The fourth-order valence-electron chi connectivity index (χ4n) is 1.85. The second-order valence-corrected chi connectivity index (χ2v) is 5.87. The van der Waals surface area contributed by atoms with E-state index in [1.807, 2.05) is 0 Å². The van der Waals surface area contributed by atoms with Crippen LogP contribution in [0, 0.1) is 0 Å². The predicted molar refractivity (Wildman–Crippen MR) is 79.9 cm³/mol. The largest absolute Gasteiger partial charge is 0.508 e. The molecule has 0 aliphatic rings. The molecule has 2 atom stereocenters. The molecule has 0 radical (unpaired) electrons. The Balaban J connectivity index is 2.76. The van der Waals surface area contributed by atoms with E-state index in [0.717, 1.165) is 0 Å². The number of phenols is 1. The van der Waals surface area contributed by atoms with E-state index < -0.39 is 23.8 Å². The van der Waals surface area contributed by atoms with E-state index in [2.05, 4.69) is 5.32 Å². The van der Waals surface area contributed by atoms with E-state index in [0.29, 0.717) is 18.5 Å². The van der Waals surface area contributed by atoms with Crippen LogP contribution in [0.1, 0.15) is 38.9 Å². The number of nitrogens with one attached hydrogen (secondary N) is 1. The number of alkyl carbamates (subject to hydrolysis) is 1. The Hall–Kier alpha value is -1.79. The highest BCUT2D eigenvalue weighted by Crippen LogP contribution is 2.21. The summed E-state index contributed by atoms with van der Waals surface area (Å²) in [6.07, 6.45) is -1.12. The third-order valence-electron chi connectivity index (χ3n) is 2.80. The summed E-state index contributed by atoms with van der Waals surface area (Å²) in [6.45, 7) is 5.61. The number of aromatic hydroxyl groups is 1. The van der Waals surface area contributed by atoms with Gasteiger partial charge in [-0.3, -0.25) is 0 Å². The van der Waals surface area contributed by atoms with Gasteiger partial charge >= 0.3 is 6.09 Å². The molecule has 0 bridgehead atoms. The lowest BCUT2D eigenvalue weighted by atomic mass is 10.00. The summed E-state index contributed by atoms with van der Waals surface area (Å²) in [4.78, 5) is 11.8. The van der Waals surface area contributed by atoms with Gasteiger partial charge in [-0.15, -0.1) is 0 Å². The summed E-state index contributed by atoms with van der Waals surface area (Å²) in [5.74, 6) is 0.112. The van der Waals surface area contributed by atoms with Crippen molar-refractivity contribution in [3.8, 4) is 5.75 Å². The van der Waals surface area contributed by atoms with Crippen LogP contribution in [-0.4, -0.2) is 34.5 Å². The Labute approximate surface area is 124 Å². The molecule has 0 fully saturated rings. The number of hydrogen-bond acceptors (Lipinski definition) is 5. The second-order valence-electron chi connectivity index (χ2n) is 5.87. The van der Waals surface area contributed by atoms with Crippen LogP contribution < -0.4 is 11.1 Å². The minimum absolute atomic E-state index is 0.112. The van der Waals surface area contributed by atoms with Crippen molar-refractivity contribution in [2.24, 2.45) is 5.73 Å². The van der Waals surface area contributed by atoms with Crippen molar-refractivity contribution < 1.29 is 19.7 Å². The number of carbonyl (C=O) groups excluding carboxylic acids is 1. The lowest BCUT2D eigenvalue weighted by molar-refractivity contribution is 0.0415. The molecule has 0 aliphatic heterocycles. The minimum atomic E-state index is -0.929. The first-order valence-electron chi connectivity index (χ1n) is 6.89. The Kier molecular flexibility index (Phi) is 5.99. The van der Waals surface area contributed by atoms with Crippen molar-refractivity contribution in [3.05, 3.63) is 29.8 Å². The quantitative estimate of drug-likeness (QED) is 0.661. The summed E-state index contributed by atoms with van der Waals surface area (Å²) < 4.78 is 5.18. The maximum absolute atomic E-state index is 11.8. The minimum Gasteiger partial charge on any atom is -0.508 e. The molecule has 0 spiro atoms. The number of nitrogens with two attached hydrogens (primary N) is 1. The lowest BCUT2D eigenvalue weighted by Gasteiger charge is -2.26. The van der Waals surface area contributed by atoms with Crippen LogP contribution >= 0.6 is 0 Å². The van der Waals surface area contributed by atoms with Crippen molar-refractivity contribution in [1.82, 2.24) is 5.32 Å². The van der Waals surface area contributed by atoms with Gasteiger partial charge in [-0.1, -0.05) is 12.1 Å². The van der Waals surface area contributed by atoms with Crippen LogP contribution in [-0.2, 0) is 4.74 Å². The van der Waals surface area contributed by atoms with Gasteiger partial charge in [0.1, 0.15) is 11.4 Å². The topological polar surface area (TPSA) is 105 Å². The Bertz CT molecular complexity index is 454. The number of aliphatic hydroxyl groups is 1. The van der Waals surface area contributed by atoms with Gasteiger partial charge in [0.25, 0.3) is 0 Å². The molecule has 0 saturated heterocycles. The van der Waals surface area contributed by atoms with Crippen molar-refractivity contribution in [1.29, 1.82) is 0 Å². The van der Waals surface area contributed by atoms with Gasteiger partial charge in [-0.05, 0) is 51.4 Å². The summed E-state index contributed by atoms with van der Waals surface area (Å²) in [5.41, 5.74) is 5.50. The molecule has 6 heteroatoms. The Morgan fingerprint density at radius 3 is 2.38 bits per heavy atom. The van der Waals surface area contributed by atoms with Gasteiger partial charge in [0.15, 0.2) is 0 Å². The van der Waals surface area contributed by atoms with E-state index in [-0.39, 0.29) is 5.75 Å². The number of benzene rings is 1. The third kappa shape index (κ3) is 6.01. The van der Waals surface area contributed by atoms with Gasteiger partial charge in [0.2, 0.25) is 0 Å². The van der Waals surface area contributed by atoms with Crippen molar-refractivity contribution >= 4 is 6.09 Å². The van der Waals surface area contributed by atoms with Crippen LogP contribution in [0.25, 0.3) is 0 Å². The molecule has 118 valence electrons. The number of phenolic OH excluding ortho intramolecular Hbond substituents is 1. The molecule has 2 unspecified atom stereocenters. The smallest absolute Gasteiger partial charge is 0.407 e. The molecule has 0 saturated carbocycles. The first-order chi connectivity index (χ1) is 9.73. The van der Waals surface area contributed by atoms with Gasteiger partial charge in [-0.25, -0.2) is 4.79 Å². The number of rotatable bonds is 5. The summed E-state index contributed by atoms with van der Waals surface area (Å²) in [7, 11) is 0. The summed E-state index contributed by atoms with van der Waals surface area (Å²) >= 11 is 0. The van der Waals surface area contributed by atoms with E-state index in [4.69, 9.17) is 10.5 Å². The molecule has 0 aromatic heterocycles. The molecule has 1 aromatic rings. The first kappa shape index (κ1) is 17.3. The first-order valence-corrected chi connectivity index (χ1v) is 6.89. The summed E-state index contributed by atoms with van der Waals surface area (Å²) in [5, 5.41) is 22.2. The molecule has 5 N–H and O–H groups in total. The predicted octanol–water partition coefficient (Wildman–Crippen LogP) is 1.67. The van der Waals surface area contributed by atoms with Gasteiger partial charge in [0.05, 0.1) is 12.1 Å². The average molecular weight is 296 g/mol. The molecular weight excluding hydrogens is 272 g/mol. The van der Waals surface area contributed by atoms with Gasteiger partial charge in [-0.2, -0.15) is 0 Å². The van der Waals surface area contributed by atoms with Crippen LogP contribution in [0.3, 0.4) is 0 Å². The number of aliphatic hydroxyl groups excluding tert-OH is 1. The molecule has 1 aromatic carbocycles. The highest BCUT2D eigenvalue weighted by Gasteiger charge is 2.25. The highest BCUT2D eigenvalue weighted by molar-refractivity contribution is 5.68. The molecule has 0 aliphatic carbocycles. The monoisotopic (exact) mass is 296 g/mol. The molecule has 0 heterocycles. The highest BCUT2D eigenvalue weighted by atomic mass is 16.6. The van der Waals surface area contributed by atoms with Crippen molar-refractivity contribution in [3.63, 3.8) is 0 Å². The van der Waals surface area contributed by atoms with Crippen molar-refractivity contribution in [2.45, 2.75) is 44.9 Å². The van der Waals surface area contributed by atoms with Crippen LogP contribution in [0.2, 0.25) is 0 Å².